The van der Waals surface area contributed by atoms with E-state index in [4.69, 9.17) is 27.9 Å². The van der Waals surface area contributed by atoms with Crippen LogP contribution in [0.25, 0.3) is 27.8 Å². The first kappa shape index (κ1) is 16.8. The van der Waals surface area contributed by atoms with Crippen molar-refractivity contribution in [2.75, 3.05) is 7.11 Å². The first-order valence-electron chi connectivity index (χ1n) is 7.70. The minimum absolute atomic E-state index is 0.0375. The number of methoxy groups -OCH3 is 1. The second kappa shape index (κ2) is 6.59. The number of halogens is 3. The molecule has 4 nitrogen and oxygen atoms in total. The van der Waals surface area contributed by atoms with Crippen molar-refractivity contribution in [3.05, 3.63) is 71.0 Å². The maximum Gasteiger partial charge on any atom is 0.150 e. The maximum absolute atomic E-state index is 13.5. The molecule has 0 saturated heterocycles. The second-order valence-electron chi connectivity index (χ2n) is 5.60. The molecule has 0 fully saturated rings. The van der Waals surface area contributed by atoms with Gasteiger partial charge < -0.3 is 9.30 Å². The zero-order chi connectivity index (χ0) is 18.3. The fourth-order valence-electron chi connectivity index (χ4n) is 2.85. The summed E-state index contributed by atoms with van der Waals surface area (Å²) in [5.74, 6) is 0.278. The van der Waals surface area contributed by atoms with Crippen LogP contribution in [0.5, 0.6) is 5.75 Å². The quantitative estimate of drug-likeness (QED) is 0.433. The van der Waals surface area contributed by atoms with Gasteiger partial charge in [-0.1, -0.05) is 35.3 Å². The normalized spacial score (nSPS) is 11.1. The average molecular weight is 388 g/mol. The van der Waals surface area contributed by atoms with E-state index < -0.39 is 5.82 Å². The summed E-state index contributed by atoms with van der Waals surface area (Å²) in [5, 5.41) is 1.09. The SMILES string of the molecule is COc1ccc(-c2cn(-c3ccc(F)c(Cl)c3)c3ncnc(Cl)c23)cc1. The summed E-state index contributed by atoms with van der Waals surface area (Å²) in [6.07, 6.45) is 3.28. The molecule has 0 aliphatic carbocycles. The fourth-order valence-corrected chi connectivity index (χ4v) is 3.25. The van der Waals surface area contributed by atoms with Crippen molar-refractivity contribution in [3.63, 3.8) is 0 Å². The molecule has 0 aliphatic heterocycles. The van der Waals surface area contributed by atoms with Gasteiger partial charge in [0.15, 0.2) is 0 Å². The molecule has 4 aromatic rings. The van der Waals surface area contributed by atoms with Crippen molar-refractivity contribution in [1.29, 1.82) is 0 Å². The minimum Gasteiger partial charge on any atom is -0.497 e. The number of ether oxygens (including phenoxy) is 1. The Bertz CT molecular complexity index is 1110. The lowest BCUT2D eigenvalue weighted by Gasteiger charge is -2.05. The largest absolute Gasteiger partial charge is 0.497 e. The Morgan fingerprint density at radius 2 is 1.81 bits per heavy atom. The van der Waals surface area contributed by atoms with Crippen LogP contribution in [0, 0.1) is 5.82 Å². The average Bonchev–Trinajstić information content (AvgIpc) is 3.05. The molecule has 2 aromatic heterocycles. The van der Waals surface area contributed by atoms with E-state index >= 15 is 0 Å². The predicted molar refractivity (Wildman–Crippen MR) is 101 cm³/mol. The first-order valence-corrected chi connectivity index (χ1v) is 8.45. The third-order valence-corrected chi connectivity index (χ3v) is 4.70. The smallest absolute Gasteiger partial charge is 0.150 e. The molecular weight excluding hydrogens is 376 g/mol. The molecule has 0 amide bonds. The Labute approximate surface area is 158 Å². The third kappa shape index (κ3) is 2.79. The lowest BCUT2D eigenvalue weighted by molar-refractivity contribution is 0.415. The number of fused-ring (bicyclic) bond motifs is 1. The molecule has 2 heterocycles. The zero-order valence-corrected chi connectivity index (χ0v) is 15.1. The van der Waals surface area contributed by atoms with Gasteiger partial charge in [-0.25, -0.2) is 14.4 Å². The highest BCUT2D eigenvalue weighted by molar-refractivity contribution is 6.35. The van der Waals surface area contributed by atoms with Crippen molar-refractivity contribution in [1.82, 2.24) is 14.5 Å². The van der Waals surface area contributed by atoms with Gasteiger partial charge in [0.05, 0.1) is 17.5 Å². The molecule has 0 radical (unpaired) electrons. The second-order valence-corrected chi connectivity index (χ2v) is 6.37. The van der Waals surface area contributed by atoms with Crippen LogP contribution in [0.3, 0.4) is 0 Å². The molecule has 0 unspecified atom stereocenters. The van der Waals surface area contributed by atoms with E-state index in [0.717, 1.165) is 16.9 Å². The minimum atomic E-state index is -0.477. The molecule has 2 aromatic carbocycles. The molecular formula is C19H12Cl2FN3O. The van der Waals surface area contributed by atoms with E-state index in [1.54, 1.807) is 19.2 Å². The lowest BCUT2D eigenvalue weighted by Crippen LogP contribution is -1.95. The fraction of sp³-hybridized carbons (Fsp3) is 0.0526. The van der Waals surface area contributed by atoms with Gasteiger partial charge in [-0.2, -0.15) is 0 Å². The maximum atomic E-state index is 13.5. The Morgan fingerprint density at radius 1 is 1.04 bits per heavy atom. The van der Waals surface area contributed by atoms with Gasteiger partial charge in [0, 0.05) is 17.4 Å². The van der Waals surface area contributed by atoms with Crippen LogP contribution in [-0.4, -0.2) is 21.6 Å². The molecule has 7 heteroatoms. The predicted octanol–water partition coefficient (Wildman–Crippen LogP) is 5.54. The van der Waals surface area contributed by atoms with E-state index in [0.29, 0.717) is 21.9 Å². The summed E-state index contributed by atoms with van der Waals surface area (Å²) < 4.78 is 20.6. The lowest BCUT2D eigenvalue weighted by atomic mass is 10.1. The third-order valence-electron chi connectivity index (χ3n) is 4.12. The summed E-state index contributed by atoms with van der Waals surface area (Å²) in [5.41, 5.74) is 3.07. The van der Waals surface area contributed by atoms with Gasteiger partial charge >= 0.3 is 0 Å². The van der Waals surface area contributed by atoms with Gasteiger partial charge in [0.2, 0.25) is 0 Å². The van der Waals surface area contributed by atoms with Gasteiger partial charge in [0.1, 0.15) is 28.7 Å². The molecule has 130 valence electrons. The van der Waals surface area contributed by atoms with Crippen molar-refractivity contribution in [2.45, 2.75) is 0 Å². The van der Waals surface area contributed by atoms with Crippen LogP contribution in [0.15, 0.2) is 55.0 Å². The zero-order valence-electron chi connectivity index (χ0n) is 13.6. The summed E-state index contributed by atoms with van der Waals surface area (Å²) in [6, 6.07) is 12.1. The van der Waals surface area contributed by atoms with Crippen LogP contribution in [-0.2, 0) is 0 Å². The van der Waals surface area contributed by atoms with E-state index in [9.17, 15) is 4.39 Å². The number of hydrogen-bond acceptors (Lipinski definition) is 3. The molecule has 0 atom stereocenters. The van der Waals surface area contributed by atoms with Crippen molar-refractivity contribution >= 4 is 34.2 Å². The van der Waals surface area contributed by atoms with Gasteiger partial charge in [-0.3, -0.25) is 0 Å². The molecule has 4 rings (SSSR count). The van der Waals surface area contributed by atoms with E-state index in [2.05, 4.69) is 9.97 Å². The summed E-state index contributed by atoms with van der Waals surface area (Å²) in [6.45, 7) is 0. The monoisotopic (exact) mass is 387 g/mol. The summed E-state index contributed by atoms with van der Waals surface area (Å²) in [4.78, 5) is 8.45. The molecule has 0 spiro atoms. The van der Waals surface area contributed by atoms with Crippen LogP contribution in [0.2, 0.25) is 10.2 Å². The van der Waals surface area contributed by atoms with Crippen LogP contribution < -0.4 is 4.74 Å². The van der Waals surface area contributed by atoms with E-state index in [-0.39, 0.29) is 5.02 Å². The van der Waals surface area contributed by atoms with Crippen LogP contribution in [0.4, 0.5) is 4.39 Å². The Hall–Kier alpha value is -2.63. The Kier molecular flexibility index (Phi) is 4.26. The van der Waals surface area contributed by atoms with Gasteiger partial charge in [-0.05, 0) is 35.9 Å². The summed E-state index contributed by atoms with van der Waals surface area (Å²) >= 11 is 12.3. The standard InChI is InChI=1S/C19H12Cl2FN3O/c1-26-13-5-2-11(3-6-13)14-9-25(12-4-7-16(22)15(20)8-12)19-17(14)18(21)23-10-24-19/h2-10H,1H3. The van der Waals surface area contributed by atoms with Crippen LogP contribution in [0.1, 0.15) is 0 Å². The number of rotatable bonds is 3. The molecule has 26 heavy (non-hydrogen) atoms. The summed E-state index contributed by atoms with van der Waals surface area (Å²) in [7, 11) is 1.61. The highest BCUT2D eigenvalue weighted by atomic mass is 35.5. The van der Waals surface area contributed by atoms with Gasteiger partial charge in [0.25, 0.3) is 0 Å². The molecule has 0 saturated carbocycles. The highest BCUT2D eigenvalue weighted by Gasteiger charge is 2.17. The van der Waals surface area contributed by atoms with Crippen molar-refractivity contribution in [2.24, 2.45) is 0 Å². The van der Waals surface area contributed by atoms with E-state index in [1.807, 2.05) is 35.0 Å². The number of benzene rings is 2. The molecule has 0 bridgehead atoms. The first-order chi connectivity index (χ1) is 12.6. The Morgan fingerprint density at radius 3 is 2.50 bits per heavy atom. The Balaban J connectivity index is 1.97. The number of nitrogens with zero attached hydrogens (tertiary/aromatic N) is 3. The molecule has 0 N–H and O–H groups in total. The van der Waals surface area contributed by atoms with Crippen molar-refractivity contribution in [3.8, 4) is 22.6 Å². The van der Waals surface area contributed by atoms with Gasteiger partial charge in [-0.15, -0.1) is 0 Å². The van der Waals surface area contributed by atoms with Crippen molar-refractivity contribution < 1.29 is 9.13 Å². The topological polar surface area (TPSA) is 39.9 Å². The van der Waals surface area contributed by atoms with E-state index in [1.165, 1.54) is 12.4 Å². The van der Waals surface area contributed by atoms with Crippen LogP contribution >= 0.6 is 23.2 Å². The number of hydrogen-bond donors (Lipinski definition) is 0. The highest BCUT2D eigenvalue weighted by Crippen LogP contribution is 2.36. The molecule has 0 aliphatic rings. The number of aromatic nitrogens is 3.